The smallest absolute Gasteiger partial charge is 0.264 e. The number of aliphatic hydroxyl groups excluding tert-OH is 7. The van der Waals surface area contributed by atoms with E-state index in [2.05, 4.69) is 0 Å². The van der Waals surface area contributed by atoms with Gasteiger partial charge in [-0.15, -0.1) is 0 Å². The molecule has 54 heavy (non-hydrogen) atoms. The maximum absolute atomic E-state index is 13.8. The van der Waals surface area contributed by atoms with Gasteiger partial charge >= 0.3 is 0 Å². The molecular weight excluding hydrogens is 759 g/mol. The normalized spacial score (nSPS) is 38.3. The molecule has 0 aromatic rings. The van der Waals surface area contributed by atoms with E-state index < -0.39 is 128 Å². The zero-order chi connectivity index (χ0) is 39.9. The molecule has 2 amide bonds. The van der Waals surface area contributed by atoms with E-state index in [1.165, 1.54) is 19.1 Å². The lowest BCUT2D eigenvalue weighted by atomic mass is 10.0. The van der Waals surface area contributed by atoms with Crippen LogP contribution < -0.4 is 5.73 Å². The highest BCUT2D eigenvalue weighted by atomic mass is 35.5. The van der Waals surface area contributed by atoms with Crippen molar-refractivity contribution < 1.29 is 73.8 Å². The number of amides is 2. The summed E-state index contributed by atoms with van der Waals surface area (Å²) in [6.45, 7) is 2.15. The second-order valence-corrected chi connectivity index (χ2v) is 13.8. The summed E-state index contributed by atoms with van der Waals surface area (Å²) in [7, 11) is 0. The number of halogens is 2. The third-order valence-electron chi connectivity index (χ3n) is 8.71. The molecule has 0 aromatic heterocycles. The largest absolute Gasteiger partial charge is 0.507 e. The summed E-state index contributed by atoms with van der Waals surface area (Å²) in [6, 6.07) is -1.63. The number of rotatable bonds is 13. The Labute approximate surface area is 320 Å². The number of ether oxygens (including phenoxy) is 5. The lowest BCUT2D eigenvalue weighted by Gasteiger charge is -2.46. The van der Waals surface area contributed by atoms with Crippen LogP contribution in [0.4, 0.5) is 0 Å². The van der Waals surface area contributed by atoms with Gasteiger partial charge in [-0.3, -0.25) is 19.3 Å². The number of carbonyl (C=O) groups excluding carboxylic acids is 3. The van der Waals surface area contributed by atoms with Crippen LogP contribution >= 0.6 is 23.2 Å². The van der Waals surface area contributed by atoms with Crippen LogP contribution in [0.25, 0.3) is 0 Å². The summed E-state index contributed by atoms with van der Waals surface area (Å²) in [4.78, 5) is 40.1. The summed E-state index contributed by atoms with van der Waals surface area (Å²) in [5.41, 5.74) is 4.67. The van der Waals surface area contributed by atoms with Crippen molar-refractivity contribution in [3.05, 3.63) is 82.2 Å². The SMILES string of the molecule is CC(Cl)=CC(Cl)=CC=CC=CC=CC=CC(O)=C1C(=O)C(CC(N)=O)N(C2OCC(O)C(O)C2OC2OCC(OC3OC(C)C(O)C3O)C(O)C2O)C1=O. The van der Waals surface area contributed by atoms with E-state index in [4.69, 9.17) is 52.6 Å². The summed E-state index contributed by atoms with van der Waals surface area (Å²) in [5.74, 6) is -3.88. The molecule has 19 heteroatoms. The fourth-order valence-electron chi connectivity index (χ4n) is 5.94. The molecule has 0 radical (unpaired) electrons. The van der Waals surface area contributed by atoms with Crippen LogP contribution in [0.15, 0.2) is 82.2 Å². The van der Waals surface area contributed by atoms with Gasteiger partial charge in [0.1, 0.15) is 66.2 Å². The van der Waals surface area contributed by atoms with Gasteiger partial charge in [-0.05, 0) is 32.1 Å². The predicted molar refractivity (Wildman–Crippen MR) is 189 cm³/mol. The fourth-order valence-corrected chi connectivity index (χ4v) is 6.35. The standard InChI is InChI=1S/C35H44Cl2N2O15/c1-16(36)12-18(37)10-8-6-4-3-5-7-9-11-20(40)24-26(44)19(13-23(38)42)39(32(24)49)33-31(27(45)21(41)14-50-33)54-34-30(48)28(46)22(15-51-34)53-35-29(47)25(43)17(2)52-35/h3-12,17,19,21-22,25,27-31,33-35,40-41,43,45-48H,13-15H2,1-2H3,(H2,38,42). The zero-order valence-corrected chi connectivity index (χ0v) is 30.6. The van der Waals surface area contributed by atoms with Gasteiger partial charge in [-0.25, -0.2) is 0 Å². The molecule has 0 saturated carbocycles. The quantitative estimate of drug-likeness (QED) is 0.0497. The first-order valence-corrected chi connectivity index (χ1v) is 17.5. The summed E-state index contributed by atoms with van der Waals surface area (Å²) in [5, 5.41) is 75.0. The molecule has 4 rings (SSSR count). The maximum atomic E-state index is 13.8. The molecule has 9 N–H and O–H groups in total. The van der Waals surface area contributed by atoms with Gasteiger partial charge in [0.05, 0.1) is 25.7 Å². The second-order valence-electron chi connectivity index (χ2n) is 12.8. The van der Waals surface area contributed by atoms with Gasteiger partial charge in [0, 0.05) is 10.1 Å². The van der Waals surface area contributed by atoms with Gasteiger partial charge in [-0.1, -0.05) is 65.7 Å². The topological polar surface area (TPSA) is 268 Å². The zero-order valence-electron chi connectivity index (χ0n) is 29.1. The molecule has 0 spiro atoms. The molecule has 13 unspecified atom stereocenters. The minimum Gasteiger partial charge on any atom is -0.507 e. The maximum Gasteiger partial charge on any atom is 0.264 e. The number of aliphatic hydroxyl groups is 7. The minimum absolute atomic E-state index is 0.431. The Morgan fingerprint density at radius 1 is 0.870 bits per heavy atom. The minimum atomic E-state index is -1.89. The average Bonchev–Trinajstić information content (AvgIpc) is 3.49. The molecule has 0 aromatic carbocycles. The molecule has 4 aliphatic heterocycles. The van der Waals surface area contributed by atoms with E-state index in [0.717, 1.165) is 11.0 Å². The van der Waals surface area contributed by atoms with Crippen molar-refractivity contribution in [2.45, 2.75) is 100 Å². The molecule has 4 fully saturated rings. The Bertz CT molecular complexity index is 1590. The monoisotopic (exact) mass is 802 g/mol. The van der Waals surface area contributed by atoms with Gasteiger partial charge in [0.2, 0.25) is 5.91 Å². The van der Waals surface area contributed by atoms with E-state index in [1.807, 2.05) is 0 Å². The van der Waals surface area contributed by atoms with Crippen LogP contribution in [0.3, 0.4) is 0 Å². The molecule has 4 aliphatic rings. The van der Waals surface area contributed by atoms with E-state index in [-0.39, 0.29) is 0 Å². The number of hydrogen-bond donors (Lipinski definition) is 8. The van der Waals surface area contributed by atoms with E-state index in [0.29, 0.717) is 10.1 Å². The predicted octanol–water partition coefficient (Wildman–Crippen LogP) is -0.663. The number of allylic oxidation sites excluding steroid dienone is 12. The fraction of sp³-hybridized carbons (Fsp3) is 0.514. The molecule has 298 valence electrons. The highest BCUT2D eigenvalue weighted by Gasteiger charge is 2.56. The van der Waals surface area contributed by atoms with Gasteiger partial charge in [0.25, 0.3) is 5.91 Å². The Kier molecular flexibility index (Phi) is 15.7. The van der Waals surface area contributed by atoms with Crippen molar-refractivity contribution in [3.8, 4) is 0 Å². The third-order valence-corrected chi connectivity index (χ3v) is 9.06. The summed E-state index contributed by atoms with van der Waals surface area (Å²) >= 11 is 11.7. The van der Waals surface area contributed by atoms with Crippen LogP contribution in [-0.2, 0) is 38.1 Å². The Morgan fingerprint density at radius 2 is 1.50 bits per heavy atom. The van der Waals surface area contributed by atoms with E-state index >= 15 is 0 Å². The van der Waals surface area contributed by atoms with Gasteiger partial charge in [0.15, 0.2) is 24.6 Å². The van der Waals surface area contributed by atoms with Crippen molar-refractivity contribution in [2.75, 3.05) is 13.2 Å². The van der Waals surface area contributed by atoms with Crippen LogP contribution in [0.5, 0.6) is 0 Å². The molecule has 4 saturated heterocycles. The van der Waals surface area contributed by atoms with E-state index in [1.54, 1.807) is 49.5 Å². The average molecular weight is 804 g/mol. The Hall–Kier alpha value is -3.27. The molecular formula is C35H44Cl2N2O15. The number of likely N-dealkylation sites (tertiary alicyclic amines) is 1. The number of hydrogen-bond acceptors (Lipinski definition) is 15. The number of Topliss-reactive ketones (excluding diaryl/α,β-unsaturated/α-hetero) is 1. The lowest BCUT2D eigenvalue weighted by Crippen LogP contribution is -2.65. The Morgan fingerprint density at radius 3 is 2.11 bits per heavy atom. The number of nitrogens with two attached hydrogens (primary N) is 1. The van der Waals surface area contributed by atoms with Gasteiger partial charge < -0.3 is 65.2 Å². The number of primary amides is 1. The van der Waals surface area contributed by atoms with Crippen molar-refractivity contribution in [3.63, 3.8) is 0 Å². The molecule has 17 nitrogen and oxygen atoms in total. The van der Waals surface area contributed by atoms with Crippen molar-refractivity contribution in [1.29, 1.82) is 0 Å². The highest BCUT2D eigenvalue weighted by Crippen LogP contribution is 2.35. The molecule has 0 bridgehead atoms. The molecule has 13 atom stereocenters. The lowest BCUT2D eigenvalue weighted by molar-refractivity contribution is -0.338. The number of nitrogens with zero attached hydrogens (tertiary/aromatic N) is 1. The van der Waals surface area contributed by atoms with E-state index in [9.17, 15) is 50.1 Å². The number of carbonyl (C=O) groups is 3. The molecule has 0 aliphatic carbocycles. The first-order valence-electron chi connectivity index (χ1n) is 16.8. The second kappa shape index (κ2) is 19.5. The highest BCUT2D eigenvalue weighted by molar-refractivity contribution is 6.34. The van der Waals surface area contributed by atoms with Crippen LogP contribution in [0, 0.1) is 0 Å². The summed E-state index contributed by atoms with van der Waals surface area (Å²) in [6.07, 6.45) is -3.79. The van der Waals surface area contributed by atoms with Gasteiger partial charge in [-0.2, -0.15) is 0 Å². The van der Waals surface area contributed by atoms with Crippen LogP contribution in [0.1, 0.15) is 20.3 Å². The van der Waals surface area contributed by atoms with Crippen LogP contribution in [0.2, 0.25) is 0 Å². The third kappa shape index (κ3) is 10.5. The first kappa shape index (κ1) is 43.5. The first-order chi connectivity index (χ1) is 25.5. The van der Waals surface area contributed by atoms with Crippen molar-refractivity contribution in [2.24, 2.45) is 5.73 Å². The molecule has 4 heterocycles. The Balaban J connectivity index is 1.50. The van der Waals surface area contributed by atoms with Crippen LogP contribution in [-0.4, -0.2) is 151 Å². The van der Waals surface area contributed by atoms with Crippen molar-refractivity contribution in [1.82, 2.24) is 4.90 Å². The number of ketones is 1. The van der Waals surface area contributed by atoms with Crippen molar-refractivity contribution >= 4 is 40.8 Å². The summed E-state index contributed by atoms with van der Waals surface area (Å²) < 4.78 is 27.9.